The molecule has 0 aromatic heterocycles. The van der Waals surface area contributed by atoms with Crippen LogP contribution in [-0.2, 0) is 15.6 Å². The van der Waals surface area contributed by atoms with Crippen LogP contribution in [0.25, 0.3) is 5.57 Å². The Labute approximate surface area is 176 Å². The minimum Gasteiger partial charge on any atom is -0.496 e. The Bertz CT molecular complexity index is 792. The summed E-state index contributed by atoms with van der Waals surface area (Å²) in [4.78, 5) is 2.08. The van der Waals surface area contributed by atoms with Gasteiger partial charge in [0.25, 0.3) is 0 Å². The van der Waals surface area contributed by atoms with Crippen molar-refractivity contribution < 1.29 is 13.9 Å². The molecule has 4 heteroatoms. The van der Waals surface area contributed by atoms with E-state index in [1.165, 1.54) is 5.56 Å². The fourth-order valence-electron chi connectivity index (χ4n) is 3.45. The highest BCUT2D eigenvalue weighted by atomic mass is 19.1. The average molecular weight is 404 g/mol. The Hall–Kier alpha value is -1.81. The van der Waals surface area contributed by atoms with Gasteiger partial charge in [0.15, 0.2) is 0 Å². The summed E-state index contributed by atoms with van der Waals surface area (Å²) in [5.74, 6) is 1.23. The smallest absolute Gasteiger partial charge is 0.131 e. The lowest BCUT2D eigenvalue weighted by atomic mass is 9.77. The Morgan fingerprint density at radius 2 is 1.69 bits per heavy atom. The van der Waals surface area contributed by atoms with E-state index in [2.05, 4.69) is 58.6 Å². The zero-order valence-electron chi connectivity index (χ0n) is 19.7. The number of likely N-dealkylation sites (N-methyl/N-ethyl adjacent to an activating group) is 1. The van der Waals surface area contributed by atoms with Gasteiger partial charge in [-0.3, -0.25) is 0 Å². The van der Waals surface area contributed by atoms with E-state index in [0.29, 0.717) is 30.8 Å². The van der Waals surface area contributed by atoms with Crippen LogP contribution >= 0.6 is 0 Å². The number of benzene rings is 1. The third-order valence-electron chi connectivity index (χ3n) is 5.25. The molecule has 0 unspecified atom stereocenters. The molecular formula is C25H38FNO2. The second-order valence-electron chi connectivity index (χ2n) is 10.1. The van der Waals surface area contributed by atoms with Crippen molar-refractivity contribution in [2.24, 2.45) is 0 Å². The molecule has 0 saturated carbocycles. The number of halogens is 1. The van der Waals surface area contributed by atoms with Gasteiger partial charge >= 0.3 is 0 Å². The highest BCUT2D eigenvalue weighted by Crippen LogP contribution is 2.45. The first-order valence-electron chi connectivity index (χ1n) is 10.5. The molecule has 0 amide bonds. The molecule has 1 aliphatic rings. The van der Waals surface area contributed by atoms with E-state index in [1.54, 1.807) is 7.11 Å². The van der Waals surface area contributed by atoms with Crippen molar-refractivity contribution in [2.45, 2.75) is 65.2 Å². The molecule has 29 heavy (non-hydrogen) atoms. The van der Waals surface area contributed by atoms with E-state index >= 15 is 4.39 Å². The van der Waals surface area contributed by atoms with Crippen LogP contribution < -0.4 is 4.74 Å². The molecule has 0 radical (unpaired) electrons. The summed E-state index contributed by atoms with van der Waals surface area (Å²) in [6.45, 7) is 14.4. The molecule has 2 rings (SSSR count). The van der Waals surface area contributed by atoms with Gasteiger partial charge in [0.2, 0.25) is 0 Å². The molecule has 162 valence electrons. The third-order valence-corrected chi connectivity index (χ3v) is 5.25. The van der Waals surface area contributed by atoms with E-state index in [4.69, 9.17) is 9.47 Å². The van der Waals surface area contributed by atoms with Gasteiger partial charge in [-0.1, -0.05) is 47.6 Å². The van der Waals surface area contributed by atoms with Crippen LogP contribution in [0.2, 0.25) is 0 Å². The number of rotatable bonds is 6. The Morgan fingerprint density at radius 1 is 1.03 bits per heavy atom. The maximum atomic E-state index is 15.2. The van der Waals surface area contributed by atoms with Gasteiger partial charge in [-0.05, 0) is 49.1 Å². The Kier molecular flexibility index (Phi) is 7.21. The molecule has 1 aromatic carbocycles. The molecule has 0 atom stereocenters. The lowest BCUT2D eigenvalue weighted by Gasteiger charge is -2.31. The summed E-state index contributed by atoms with van der Waals surface area (Å²) in [6, 6.07) is 4.32. The number of hydrogen-bond donors (Lipinski definition) is 0. The van der Waals surface area contributed by atoms with Crippen molar-refractivity contribution >= 4 is 5.57 Å². The minimum absolute atomic E-state index is 0.0699. The van der Waals surface area contributed by atoms with Crippen molar-refractivity contribution in [3.8, 4) is 5.75 Å². The average Bonchev–Trinajstić information content (AvgIpc) is 2.59. The summed E-state index contributed by atoms with van der Waals surface area (Å²) >= 11 is 0. The molecule has 0 aliphatic heterocycles. The summed E-state index contributed by atoms with van der Waals surface area (Å²) in [6.07, 6.45) is 3.02. The van der Waals surface area contributed by atoms with Crippen molar-refractivity contribution in [2.75, 3.05) is 34.4 Å². The van der Waals surface area contributed by atoms with E-state index in [-0.39, 0.29) is 16.7 Å². The van der Waals surface area contributed by atoms with Crippen LogP contribution in [0.3, 0.4) is 0 Å². The number of nitrogens with zero attached hydrogens (tertiary/aromatic N) is 1. The van der Waals surface area contributed by atoms with Crippen LogP contribution in [0.4, 0.5) is 4.39 Å². The minimum atomic E-state index is -0.147. The van der Waals surface area contributed by atoms with Crippen molar-refractivity contribution in [1.82, 2.24) is 4.90 Å². The number of hydrogen-bond acceptors (Lipinski definition) is 3. The quantitative estimate of drug-likeness (QED) is 0.562. The predicted octanol–water partition coefficient (Wildman–Crippen LogP) is 6.23. The largest absolute Gasteiger partial charge is 0.496 e. The van der Waals surface area contributed by atoms with Crippen molar-refractivity contribution in [1.29, 1.82) is 0 Å². The maximum absolute atomic E-state index is 15.2. The van der Waals surface area contributed by atoms with E-state index in [9.17, 15) is 0 Å². The molecule has 0 fully saturated rings. The molecule has 0 saturated heterocycles. The molecule has 1 aliphatic carbocycles. The van der Waals surface area contributed by atoms with Gasteiger partial charge in [-0.2, -0.15) is 0 Å². The zero-order valence-corrected chi connectivity index (χ0v) is 19.7. The molecule has 0 heterocycles. The molecule has 0 bridgehead atoms. The number of allylic oxidation sites excluding steroid dienone is 3. The van der Waals surface area contributed by atoms with Crippen LogP contribution in [0, 0.1) is 0 Å². The van der Waals surface area contributed by atoms with Crippen LogP contribution in [-0.4, -0.2) is 39.3 Å². The van der Waals surface area contributed by atoms with E-state index < -0.39 is 0 Å². The third kappa shape index (κ3) is 5.63. The van der Waals surface area contributed by atoms with Crippen molar-refractivity contribution in [3.63, 3.8) is 0 Å². The van der Waals surface area contributed by atoms with Gasteiger partial charge in [0, 0.05) is 24.1 Å². The summed E-state index contributed by atoms with van der Waals surface area (Å²) in [5.41, 5.74) is 3.38. The number of methoxy groups -OCH3 is 1. The summed E-state index contributed by atoms with van der Waals surface area (Å²) in [7, 11) is 5.65. The maximum Gasteiger partial charge on any atom is 0.131 e. The van der Waals surface area contributed by atoms with Crippen LogP contribution in [0.5, 0.6) is 5.75 Å². The topological polar surface area (TPSA) is 21.7 Å². The lowest BCUT2D eigenvalue weighted by Crippen LogP contribution is -2.23. The van der Waals surface area contributed by atoms with Crippen LogP contribution in [0.15, 0.2) is 29.8 Å². The molecule has 0 spiro atoms. The highest BCUT2D eigenvalue weighted by Gasteiger charge is 2.30. The second-order valence-corrected chi connectivity index (χ2v) is 10.1. The first-order chi connectivity index (χ1) is 13.4. The van der Waals surface area contributed by atoms with Gasteiger partial charge in [-0.25, -0.2) is 4.39 Å². The van der Waals surface area contributed by atoms with E-state index in [0.717, 1.165) is 23.4 Å². The van der Waals surface area contributed by atoms with Gasteiger partial charge in [0.1, 0.15) is 23.9 Å². The molecule has 3 nitrogen and oxygen atoms in total. The van der Waals surface area contributed by atoms with Crippen LogP contribution in [0.1, 0.15) is 71.1 Å². The predicted molar refractivity (Wildman–Crippen MR) is 120 cm³/mol. The summed E-state index contributed by atoms with van der Waals surface area (Å²) < 4.78 is 27.1. The standard InChI is InChI=1S/C25H38FNO2/c1-24(2,3)17-15-18(22-20(26)11-10-12-21(22)28-9)23(29-14-13-27(7)8)19(16-17)25(4,5)6/h12,15-16H,10-11,13-14H2,1-9H3. The van der Waals surface area contributed by atoms with E-state index in [1.807, 2.05) is 20.2 Å². The summed E-state index contributed by atoms with van der Waals surface area (Å²) in [5, 5.41) is 0. The fraction of sp³-hybridized carbons (Fsp3) is 0.600. The highest BCUT2D eigenvalue weighted by molar-refractivity contribution is 5.84. The monoisotopic (exact) mass is 403 g/mol. The SMILES string of the molecule is COC1=CCCC(F)=C1c1cc(C(C)(C)C)cc(C(C)(C)C)c1OCCN(C)C. The fourth-order valence-corrected chi connectivity index (χ4v) is 3.45. The first-order valence-corrected chi connectivity index (χ1v) is 10.5. The van der Waals surface area contributed by atoms with Gasteiger partial charge < -0.3 is 14.4 Å². The zero-order chi connectivity index (χ0) is 22.0. The Balaban J connectivity index is 2.78. The van der Waals surface area contributed by atoms with Gasteiger partial charge in [-0.15, -0.1) is 0 Å². The lowest BCUT2D eigenvalue weighted by molar-refractivity contribution is 0.255. The Morgan fingerprint density at radius 3 is 2.21 bits per heavy atom. The number of ether oxygens (including phenoxy) is 2. The molecule has 1 aromatic rings. The van der Waals surface area contributed by atoms with Gasteiger partial charge in [0.05, 0.1) is 12.7 Å². The first kappa shape index (κ1) is 23.5. The second kappa shape index (κ2) is 8.91. The molecular weight excluding hydrogens is 365 g/mol. The normalized spacial score (nSPS) is 15.6. The molecule has 0 N–H and O–H groups in total. The van der Waals surface area contributed by atoms with Crippen molar-refractivity contribution in [3.05, 3.63) is 46.5 Å².